The van der Waals surface area contributed by atoms with Gasteiger partial charge in [-0.15, -0.1) is 11.3 Å². The van der Waals surface area contributed by atoms with E-state index in [1.54, 1.807) is 0 Å². The summed E-state index contributed by atoms with van der Waals surface area (Å²) in [5.41, 5.74) is -1.06. The van der Waals surface area contributed by atoms with Crippen molar-refractivity contribution < 1.29 is 36.2 Å². The average molecular weight is 493 g/mol. The first kappa shape index (κ1) is 23.5. The Kier molecular flexibility index (Phi) is 6.66. The van der Waals surface area contributed by atoms with Crippen LogP contribution in [-0.4, -0.2) is 59.4 Å². The Morgan fingerprint density at radius 3 is 2.52 bits per heavy atom. The summed E-state index contributed by atoms with van der Waals surface area (Å²) in [6.45, 7) is 1.85. The number of anilines is 2. The number of thiazole rings is 1. The molecule has 1 saturated heterocycles. The average Bonchev–Trinajstić information content (AvgIpc) is 3.27. The summed E-state index contributed by atoms with van der Waals surface area (Å²) in [7, 11) is 0. The summed E-state index contributed by atoms with van der Waals surface area (Å²) in [4.78, 5) is 26.2. The van der Waals surface area contributed by atoms with Crippen LogP contribution in [0.15, 0.2) is 11.4 Å². The number of rotatable bonds is 4. The minimum atomic E-state index is -4.61. The highest BCUT2D eigenvalue weighted by Gasteiger charge is 2.36. The van der Waals surface area contributed by atoms with Crippen molar-refractivity contribution in [1.29, 1.82) is 0 Å². The second kappa shape index (κ2) is 9.33. The minimum Gasteiger partial charge on any atom is -0.446 e. The molecule has 0 bridgehead atoms. The molecule has 1 aliphatic heterocycles. The number of aromatic nitrogens is 3. The van der Waals surface area contributed by atoms with Gasteiger partial charge in [0.15, 0.2) is 16.5 Å². The monoisotopic (exact) mass is 493 g/mol. The van der Waals surface area contributed by atoms with E-state index in [9.17, 15) is 26.7 Å². The number of amides is 1. The fraction of sp³-hybridized carbons (Fsp3) is 0.579. The lowest BCUT2D eigenvalue weighted by molar-refractivity contribution is -0.140. The van der Waals surface area contributed by atoms with Gasteiger partial charge in [-0.25, -0.2) is 28.5 Å². The summed E-state index contributed by atoms with van der Waals surface area (Å²) in [6.07, 6.45) is -6.82. The number of hydrogen-bond donors (Lipinski definition) is 1. The van der Waals surface area contributed by atoms with Crippen molar-refractivity contribution in [3.8, 4) is 10.8 Å². The molecule has 1 aliphatic carbocycles. The van der Waals surface area contributed by atoms with Gasteiger partial charge in [0.05, 0.1) is 13.2 Å². The molecule has 0 atom stereocenters. The van der Waals surface area contributed by atoms with E-state index in [4.69, 9.17) is 9.47 Å². The number of nitrogens with one attached hydrogen (secondary N) is 1. The fourth-order valence-electron chi connectivity index (χ4n) is 3.47. The van der Waals surface area contributed by atoms with Crippen molar-refractivity contribution in [3.63, 3.8) is 0 Å². The topological polar surface area (TPSA) is 89.5 Å². The maximum atomic E-state index is 13.3. The zero-order valence-corrected chi connectivity index (χ0v) is 18.0. The first-order chi connectivity index (χ1) is 15.6. The van der Waals surface area contributed by atoms with Gasteiger partial charge in [-0.05, 0) is 12.8 Å². The lowest BCUT2D eigenvalue weighted by Gasteiger charge is -2.28. The maximum absolute atomic E-state index is 13.3. The molecule has 0 spiro atoms. The second-order valence-electron chi connectivity index (χ2n) is 7.66. The van der Waals surface area contributed by atoms with E-state index in [1.165, 1.54) is 6.07 Å². The lowest BCUT2D eigenvalue weighted by Crippen LogP contribution is -2.37. The molecule has 2 aromatic rings. The predicted octanol–water partition coefficient (Wildman–Crippen LogP) is 4.58. The fourth-order valence-corrected chi connectivity index (χ4v) is 4.23. The number of hydrogen-bond acceptors (Lipinski definition) is 8. The third-order valence-corrected chi connectivity index (χ3v) is 6.04. The van der Waals surface area contributed by atoms with Crippen molar-refractivity contribution in [2.45, 2.75) is 43.9 Å². The second-order valence-corrected chi connectivity index (χ2v) is 8.51. The molecule has 1 N–H and O–H groups in total. The summed E-state index contributed by atoms with van der Waals surface area (Å²) in [5, 5.41) is 3.23. The van der Waals surface area contributed by atoms with Gasteiger partial charge < -0.3 is 14.4 Å². The van der Waals surface area contributed by atoms with Crippen molar-refractivity contribution in [2.24, 2.45) is 0 Å². The third kappa shape index (κ3) is 6.05. The Bertz CT molecular complexity index is 986. The van der Waals surface area contributed by atoms with E-state index in [2.05, 4.69) is 20.3 Å². The van der Waals surface area contributed by atoms with Crippen LogP contribution < -0.4 is 10.2 Å². The van der Waals surface area contributed by atoms with Crippen molar-refractivity contribution >= 4 is 29.1 Å². The quantitative estimate of drug-likeness (QED) is 0.624. The highest BCUT2D eigenvalue weighted by atomic mass is 32.1. The molecule has 2 fully saturated rings. The molecule has 0 radical (unpaired) electrons. The van der Waals surface area contributed by atoms with Crippen LogP contribution in [0.1, 0.15) is 31.4 Å². The molecule has 1 amide bonds. The van der Waals surface area contributed by atoms with Crippen molar-refractivity contribution in [1.82, 2.24) is 15.0 Å². The Morgan fingerprint density at radius 1 is 1.18 bits per heavy atom. The van der Waals surface area contributed by atoms with Gasteiger partial charge in [-0.3, -0.25) is 5.32 Å². The Hall–Kier alpha value is -2.61. The van der Waals surface area contributed by atoms with Crippen molar-refractivity contribution in [3.05, 3.63) is 17.1 Å². The van der Waals surface area contributed by atoms with Crippen LogP contribution in [-0.2, 0) is 15.7 Å². The third-order valence-electron chi connectivity index (χ3n) is 5.20. The smallest absolute Gasteiger partial charge is 0.434 e. The summed E-state index contributed by atoms with van der Waals surface area (Å²) >= 11 is 0.726. The van der Waals surface area contributed by atoms with Crippen LogP contribution in [0, 0.1) is 0 Å². The molecule has 4 rings (SSSR count). The molecule has 0 aromatic carbocycles. The standard InChI is InChI=1S/C19H20F5N5O3S/c20-18(21)3-1-11(2-4-18)32-17(30)27-13-9-14(29-5-7-31-8-6-29)28-15(26-13)16-25-12(10-33-16)19(22,23)24/h9-11H,1-8H2,(H,26,27,28,30). The molecule has 1 saturated carbocycles. The predicted molar refractivity (Wildman–Crippen MR) is 108 cm³/mol. The minimum absolute atomic E-state index is 0.00334. The van der Waals surface area contributed by atoms with Crippen LogP contribution in [0.25, 0.3) is 10.8 Å². The zero-order valence-electron chi connectivity index (χ0n) is 17.2. The summed E-state index contributed by atoms with van der Waals surface area (Å²) in [6, 6.07) is 1.46. The van der Waals surface area contributed by atoms with Gasteiger partial charge in [0.25, 0.3) is 0 Å². The number of morpholine rings is 1. The van der Waals surface area contributed by atoms with Crippen molar-refractivity contribution in [2.75, 3.05) is 36.5 Å². The van der Waals surface area contributed by atoms with Crippen LogP contribution in [0.3, 0.4) is 0 Å². The lowest BCUT2D eigenvalue weighted by atomic mass is 9.94. The van der Waals surface area contributed by atoms with Gasteiger partial charge in [0.1, 0.15) is 17.7 Å². The zero-order chi connectivity index (χ0) is 23.6. The Labute approximate surface area is 189 Å². The molecule has 180 valence electrons. The molecular weight excluding hydrogens is 473 g/mol. The first-order valence-electron chi connectivity index (χ1n) is 10.2. The molecular formula is C19H20F5N5O3S. The highest BCUT2D eigenvalue weighted by molar-refractivity contribution is 7.13. The van der Waals surface area contributed by atoms with E-state index in [0.29, 0.717) is 32.1 Å². The molecule has 14 heteroatoms. The van der Waals surface area contributed by atoms with E-state index < -0.39 is 30.0 Å². The SMILES string of the molecule is O=C(Nc1cc(N2CCOCC2)nc(-c2nc(C(F)(F)F)cs2)n1)OC1CCC(F)(F)CC1. The molecule has 2 aliphatic rings. The number of alkyl halides is 5. The summed E-state index contributed by atoms with van der Waals surface area (Å²) < 4.78 is 76.1. The summed E-state index contributed by atoms with van der Waals surface area (Å²) in [5.74, 6) is -2.48. The van der Waals surface area contributed by atoms with Crippen LogP contribution in [0.4, 0.5) is 38.4 Å². The number of carbonyl (C=O) groups excluding carboxylic acids is 1. The van der Waals surface area contributed by atoms with Gasteiger partial charge >= 0.3 is 12.3 Å². The highest BCUT2D eigenvalue weighted by Crippen LogP contribution is 2.35. The number of halogens is 5. The number of ether oxygens (including phenoxy) is 2. The van der Waals surface area contributed by atoms with E-state index >= 15 is 0 Å². The number of carbonyl (C=O) groups is 1. The van der Waals surface area contributed by atoms with Gasteiger partial charge in [0, 0.05) is 37.4 Å². The van der Waals surface area contributed by atoms with Crippen LogP contribution in [0.2, 0.25) is 0 Å². The van der Waals surface area contributed by atoms with E-state index in [-0.39, 0.29) is 42.3 Å². The molecule has 0 unspecified atom stereocenters. The molecule has 2 aromatic heterocycles. The van der Waals surface area contributed by atoms with Gasteiger partial charge in [0.2, 0.25) is 5.92 Å². The molecule has 3 heterocycles. The Morgan fingerprint density at radius 2 is 1.88 bits per heavy atom. The van der Waals surface area contributed by atoms with Crippen LogP contribution >= 0.6 is 11.3 Å². The Balaban J connectivity index is 1.54. The first-order valence-corrected chi connectivity index (χ1v) is 11.1. The molecule has 8 nitrogen and oxygen atoms in total. The van der Waals surface area contributed by atoms with Gasteiger partial charge in [-0.1, -0.05) is 0 Å². The molecule has 33 heavy (non-hydrogen) atoms. The number of nitrogens with zero attached hydrogens (tertiary/aromatic N) is 4. The maximum Gasteiger partial charge on any atom is 0.434 e. The van der Waals surface area contributed by atoms with E-state index in [1.807, 2.05) is 4.90 Å². The van der Waals surface area contributed by atoms with Crippen LogP contribution in [0.5, 0.6) is 0 Å². The van der Waals surface area contributed by atoms with Gasteiger partial charge in [-0.2, -0.15) is 13.2 Å². The van der Waals surface area contributed by atoms with E-state index in [0.717, 1.165) is 16.7 Å². The normalized spacial score (nSPS) is 19.4. The largest absolute Gasteiger partial charge is 0.446 e.